The van der Waals surface area contributed by atoms with Crippen molar-refractivity contribution in [2.75, 3.05) is 19.7 Å². The molecule has 1 aliphatic rings. The van der Waals surface area contributed by atoms with Crippen LogP contribution in [0.5, 0.6) is 0 Å². The molecule has 0 aromatic heterocycles. The van der Waals surface area contributed by atoms with Crippen molar-refractivity contribution >= 4 is 20.4 Å². The number of carbonyl (C=O) groups excluding carboxylic acids is 1. The van der Waals surface area contributed by atoms with Crippen LogP contribution in [0, 0.1) is 0 Å². The van der Waals surface area contributed by atoms with Crippen LogP contribution < -0.4 is 0 Å². The Kier molecular flexibility index (Phi) is 6.69. The summed E-state index contributed by atoms with van der Waals surface area (Å²) in [6, 6.07) is 0. The summed E-state index contributed by atoms with van der Waals surface area (Å²) in [4.78, 5) is 25.2. The lowest BCUT2D eigenvalue weighted by Gasteiger charge is -2.39. The number of carboxylic acid groups (broad SMARTS) is 1. The molecule has 1 amide bonds. The molecule has 1 rings (SSSR count). The van der Waals surface area contributed by atoms with Gasteiger partial charge in [0.25, 0.3) is 0 Å². The lowest BCUT2D eigenvalue weighted by molar-refractivity contribution is -0.150. The Hall–Kier alpha value is -1.12. The zero-order chi connectivity index (χ0) is 19.6. The van der Waals surface area contributed by atoms with Gasteiger partial charge in [-0.2, -0.15) is 0 Å². The summed E-state index contributed by atoms with van der Waals surface area (Å²) in [5.41, 5.74) is -0.654. The van der Waals surface area contributed by atoms with Crippen LogP contribution in [0.25, 0.3) is 0 Å². The summed E-state index contributed by atoms with van der Waals surface area (Å²) < 4.78 is 17.2. The third-order valence-corrected chi connectivity index (χ3v) is 9.02. The average Bonchev–Trinajstić information content (AvgIpc) is 2.57. The largest absolute Gasteiger partial charge is 0.479 e. The van der Waals surface area contributed by atoms with E-state index in [1.54, 1.807) is 20.8 Å². The number of carbonyl (C=O) groups is 2. The van der Waals surface area contributed by atoms with Crippen molar-refractivity contribution in [2.45, 2.75) is 77.5 Å². The maximum absolute atomic E-state index is 12.5. The predicted octanol–water partition coefficient (Wildman–Crippen LogP) is 3.10. The van der Waals surface area contributed by atoms with Crippen molar-refractivity contribution in [3.63, 3.8) is 0 Å². The van der Waals surface area contributed by atoms with E-state index in [4.69, 9.17) is 13.9 Å². The van der Waals surface area contributed by atoms with E-state index in [1.807, 2.05) is 0 Å². The molecule has 1 aliphatic heterocycles. The van der Waals surface area contributed by atoms with E-state index in [-0.39, 0.29) is 30.8 Å². The number of aliphatic carboxylic acids is 1. The molecule has 0 spiro atoms. The van der Waals surface area contributed by atoms with Crippen LogP contribution >= 0.6 is 0 Å². The fourth-order valence-electron chi connectivity index (χ4n) is 2.14. The summed E-state index contributed by atoms with van der Waals surface area (Å²) >= 11 is 0. The van der Waals surface area contributed by atoms with E-state index < -0.39 is 32.1 Å². The third-order valence-electron chi connectivity index (χ3n) is 4.49. The predicted molar refractivity (Wildman–Crippen MR) is 97.3 cm³/mol. The van der Waals surface area contributed by atoms with Gasteiger partial charge in [-0.15, -0.1) is 0 Å². The molecule has 25 heavy (non-hydrogen) atoms. The quantitative estimate of drug-likeness (QED) is 0.763. The van der Waals surface area contributed by atoms with Crippen LogP contribution in [-0.4, -0.2) is 67.9 Å². The molecular weight excluding hydrogens is 342 g/mol. The SMILES string of the molecule is CC(C)(C)OC(=O)N1CC(O[Si](C)(C)C(C)(C)C)COC(C(=O)O)C1. The van der Waals surface area contributed by atoms with Crippen molar-refractivity contribution in [1.82, 2.24) is 4.90 Å². The number of rotatable bonds is 3. The zero-order valence-electron chi connectivity index (χ0n) is 16.7. The van der Waals surface area contributed by atoms with E-state index in [9.17, 15) is 14.7 Å². The second kappa shape index (κ2) is 7.63. The molecule has 8 heteroatoms. The fourth-order valence-corrected chi connectivity index (χ4v) is 3.47. The third kappa shape index (κ3) is 6.60. The fraction of sp³-hybridized carbons (Fsp3) is 0.882. The second-order valence-electron chi connectivity index (χ2n) is 9.05. The van der Waals surface area contributed by atoms with Gasteiger partial charge in [0.15, 0.2) is 14.4 Å². The minimum absolute atomic E-state index is 0.00223. The highest BCUT2D eigenvalue weighted by Gasteiger charge is 2.41. The van der Waals surface area contributed by atoms with Gasteiger partial charge in [-0.05, 0) is 38.9 Å². The minimum atomic E-state index is -2.08. The van der Waals surface area contributed by atoms with E-state index >= 15 is 0 Å². The molecule has 0 aromatic rings. The van der Waals surface area contributed by atoms with Crippen molar-refractivity contribution in [2.24, 2.45) is 0 Å². The molecule has 1 fully saturated rings. The molecule has 1 heterocycles. The highest BCUT2D eigenvalue weighted by atomic mass is 28.4. The molecule has 2 unspecified atom stereocenters. The van der Waals surface area contributed by atoms with E-state index in [0.717, 1.165) is 0 Å². The maximum Gasteiger partial charge on any atom is 0.410 e. The molecule has 0 radical (unpaired) electrons. The summed E-state index contributed by atoms with van der Waals surface area (Å²) in [5, 5.41) is 9.31. The van der Waals surface area contributed by atoms with Crippen LogP contribution in [0.3, 0.4) is 0 Å². The van der Waals surface area contributed by atoms with Crippen molar-refractivity contribution < 1.29 is 28.6 Å². The normalized spacial score (nSPS) is 23.1. The van der Waals surface area contributed by atoms with Gasteiger partial charge in [-0.1, -0.05) is 20.8 Å². The van der Waals surface area contributed by atoms with Gasteiger partial charge >= 0.3 is 12.1 Å². The van der Waals surface area contributed by atoms with Crippen LogP contribution in [-0.2, 0) is 18.7 Å². The Morgan fingerprint density at radius 2 is 1.68 bits per heavy atom. The van der Waals surface area contributed by atoms with Gasteiger partial charge < -0.3 is 23.9 Å². The Morgan fingerprint density at radius 3 is 2.12 bits per heavy atom. The topological polar surface area (TPSA) is 85.3 Å². The zero-order valence-corrected chi connectivity index (χ0v) is 17.7. The van der Waals surface area contributed by atoms with Crippen LogP contribution in [0.2, 0.25) is 18.1 Å². The highest BCUT2D eigenvalue weighted by molar-refractivity contribution is 6.74. The van der Waals surface area contributed by atoms with Crippen LogP contribution in [0.4, 0.5) is 4.79 Å². The highest BCUT2D eigenvalue weighted by Crippen LogP contribution is 2.37. The van der Waals surface area contributed by atoms with Gasteiger partial charge in [-0.3, -0.25) is 0 Å². The van der Waals surface area contributed by atoms with Crippen LogP contribution in [0.15, 0.2) is 0 Å². The lowest BCUT2D eigenvalue weighted by Crippen LogP contribution is -2.49. The molecule has 7 nitrogen and oxygen atoms in total. The van der Waals surface area contributed by atoms with Crippen LogP contribution in [0.1, 0.15) is 41.5 Å². The number of nitrogens with zero attached hydrogens (tertiary/aromatic N) is 1. The molecule has 0 saturated carbocycles. The first kappa shape index (κ1) is 21.9. The van der Waals surface area contributed by atoms with Gasteiger partial charge in [0.1, 0.15) is 5.60 Å². The molecule has 1 saturated heterocycles. The number of amides is 1. The summed E-state index contributed by atoms with van der Waals surface area (Å²) in [6.45, 7) is 16.3. The van der Waals surface area contributed by atoms with Gasteiger partial charge in [0.05, 0.1) is 25.8 Å². The Labute approximate surface area is 151 Å². The van der Waals surface area contributed by atoms with Gasteiger partial charge in [0, 0.05) is 0 Å². The standard InChI is InChI=1S/C17H33NO6Si/c1-16(2,3)23-15(21)18-9-12(11-22-13(10-18)14(19)20)24-25(7,8)17(4,5)6/h12-13H,9-11H2,1-8H3,(H,19,20). The monoisotopic (exact) mass is 375 g/mol. The maximum atomic E-state index is 12.5. The first-order valence-electron chi connectivity index (χ1n) is 8.62. The number of carboxylic acids is 1. The number of hydrogen-bond acceptors (Lipinski definition) is 5. The Balaban J connectivity index is 2.95. The molecular formula is C17H33NO6Si. The smallest absolute Gasteiger partial charge is 0.410 e. The average molecular weight is 376 g/mol. The summed E-state index contributed by atoms with van der Waals surface area (Å²) in [7, 11) is -2.08. The summed E-state index contributed by atoms with van der Waals surface area (Å²) in [6.07, 6.45) is -2.01. The Morgan fingerprint density at radius 1 is 1.12 bits per heavy atom. The number of hydrogen-bond donors (Lipinski definition) is 1. The second-order valence-corrected chi connectivity index (χ2v) is 13.8. The molecule has 1 N–H and O–H groups in total. The van der Waals surface area contributed by atoms with Gasteiger partial charge in [0.2, 0.25) is 0 Å². The van der Waals surface area contributed by atoms with E-state index in [1.165, 1.54) is 4.90 Å². The first-order chi connectivity index (χ1) is 11.1. The van der Waals surface area contributed by atoms with Crippen molar-refractivity contribution in [1.29, 1.82) is 0 Å². The molecule has 0 bridgehead atoms. The lowest BCUT2D eigenvalue weighted by atomic mass is 10.2. The van der Waals surface area contributed by atoms with Crippen molar-refractivity contribution in [3.05, 3.63) is 0 Å². The molecule has 2 atom stereocenters. The first-order valence-corrected chi connectivity index (χ1v) is 11.5. The molecule has 0 aliphatic carbocycles. The summed E-state index contributed by atoms with van der Waals surface area (Å²) in [5.74, 6) is -1.10. The molecule has 146 valence electrons. The molecule has 0 aromatic carbocycles. The van der Waals surface area contributed by atoms with Gasteiger partial charge in [-0.25, -0.2) is 9.59 Å². The number of ether oxygens (including phenoxy) is 2. The van der Waals surface area contributed by atoms with E-state index in [0.29, 0.717) is 0 Å². The minimum Gasteiger partial charge on any atom is -0.479 e. The Bertz CT molecular complexity index is 494. The van der Waals surface area contributed by atoms with E-state index in [2.05, 4.69) is 33.9 Å². The van der Waals surface area contributed by atoms with Crippen molar-refractivity contribution in [3.8, 4) is 0 Å².